The van der Waals surface area contributed by atoms with Crippen LogP contribution in [0.4, 0.5) is 5.69 Å². The van der Waals surface area contributed by atoms with Crippen LogP contribution in [-0.2, 0) is 14.8 Å². The zero-order valence-corrected chi connectivity index (χ0v) is 17.4. The van der Waals surface area contributed by atoms with E-state index in [1.807, 2.05) is 0 Å². The van der Waals surface area contributed by atoms with E-state index < -0.39 is 27.4 Å². The van der Waals surface area contributed by atoms with Crippen molar-refractivity contribution in [3.05, 3.63) is 71.2 Å². The SMILES string of the molecule is Nc1cccc([C@@H]2C[C@]2(NS(=O)(=O)c2ccc(-c3ccc(Cl)cc3)s2)C(=O)O)c1. The molecule has 0 aliphatic heterocycles. The van der Waals surface area contributed by atoms with Crippen LogP contribution >= 0.6 is 22.9 Å². The summed E-state index contributed by atoms with van der Waals surface area (Å²) in [4.78, 5) is 12.7. The van der Waals surface area contributed by atoms with Crippen LogP contribution in [-0.4, -0.2) is 25.0 Å². The lowest BCUT2D eigenvalue weighted by atomic mass is 10.1. The van der Waals surface area contributed by atoms with Crippen molar-refractivity contribution < 1.29 is 18.3 Å². The van der Waals surface area contributed by atoms with Crippen LogP contribution in [0.3, 0.4) is 0 Å². The first-order valence-electron chi connectivity index (χ1n) is 8.70. The molecule has 1 heterocycles. The molecule has 4 N–H and O–H groups in total. The third-order valence-electron chi connectivity index (χ3n) is 4.95. The largest absolute Gasteiger partial charge is 0.480 e. The molecular weight excluding hydrogens is 432 g/mol. The lowest BCUT2D eigenvalue weighted by molar-refractivity contribution is -0.140. The van der Waals surface area contributed by atoms with Gasteiger partial charge in [0.2, 0.25) is 0 Å². The second-order valence-corrected chi connectivity index (χ2v) is 10.4. The molecule has 2 aromatic carbocycles. The summed E-state index contributed by atoms with van der Waals surface area (Å²) < 4.78 is 28.3. The molecule has 0 bridgehead atoms. The fraction of sp³-hybridized carbons (Fsp3) is 0.150. The smallest absolute Gasteiger partial charge is 0.325 e. The molecule has 150 valence electrons. The van der Waals surface area contributed by atoms with Crippen LogP contribution in [0.2, 0.25) is 5.02 Å². The van der Waals surface area contributed by atoms with Crippen molar-refractivity contribution in [1.29, 1.82) is 0 Å². The number of carbonyl (C=O) groups is 1. The Morgan fingerprint density at radius 3 is 2.55 bits per heavy atom. The molecule has 1 aliphatic carbocycles. The van der Waals surface area contributed by atoms with E-state index in [1.165, 1.54) is 6.07 Å². The third-order valence-corrected chi connectivity index (χ3v) is 8.33. The summed E-state index contributed by atoms with van der Waals surface area (Å²) in [6.07, 6.45) is 0.167. The molecule has 29 heavy (non-hydrogen) atoms. The van der Waals surface area contributed by atoms with Crippen molar-refractivity contribution in [3.63, 3.8) is 0 Å². The van der Waals surface area contributed by atoms with Gasteiger partial charge in [-0.25, -0.2) is 8.42 Å². The van der Waals surface area contributed by atoms with E-state index in [2.05, 4.69) is 4.72 Å². The summed E-state index contributed by atoms with van der Waals surface area (Å²) in [5, 5.41) is 10.3. The number of hydrogen-bond donors (Lipinski definition) is 3. The van der Waals surface area contributed by atoms with Crippen LogP contribution in [0.25, 0.3) is 10.4 Å². The molecule has 0 radical (unpaired) electrons. The van der Waals surface area contributed by atoms with E-state index in [4.69, 9.17) is 17.3 Å². The minimum Gasteiger partial charge on any atom is -0.480 e. The zero-order valence-electron chi connectivity index (χ0n) is 15.0. The normalized spacial score (nSPS) is 21.1. The van der Waals surface area contributed by atoms with Crippen LogP contribution in [0.15, 0.2) is 64.9 Å². The van der Waals surface area contributed by atoms with Gasteiger partial charge in [0.1, 0.15) is 9.75 Å². The van der Waals surface area contributed by atoms with Gasteiger partial charge < -0.3 is 10.8 Å². The number of hydrogen-bond acceptors (Lipinski definition) is 5. The molecule has 1 aliphatic rings. The van der Waals surface area contributed by atoms with Crippen molar-refractivity contribution in [1.82, 2.24) is 4.72 Å². The Kier molecular flexibility index (Phi) is 4.90. The zero-order chi connectivity index (χ0) is 20.8. The Morgan fingerprint density at radius 2 is 1.90 bits per heavy atom. The average Bonchev–Trinajstić information content (AvgIpc) is 3.16. The maximum absolute atomic E-state index is 12.9. The molecule has 0 saturated heterocycles. The van der Waals surface area contributed by atoms with E-state index in [1.54, 1.807) is 54.6 Å². The van der Waals surface area contributed by atoms with Gasteiger partial charge in [0.05, 0.1) is 0 Å². The molecular formula is C20H17ClN2O4S2. The maximum atomic E-state index is 12.9. The van der Waals surface area contributed by atoms with Gasteiger partial charge in [-0.2, -0.15) is 4.72 Å². The first-order valence-corrected chi connectivity index (χ1v) is 11.4. The maximum Gasteiger partial charge on any atom is 0.325 e. The number of anilines is 1. The first kappa shape index (κ1) is 19.9. The number of nitrogens with one attached hydrogen (secondary N) is 1. The lowest BCUT2D eigenvalue weighted by Gasteiger charge is -2.15. The number of aliphatic carboxylic acids is 1. The van der Waals surface area contributed by atoms with Crippen molar-refractivity contribution in [2.75, 3.05) is 5.73 Å². The number of nitrogen functional groups attached to an aromatic ring is 1. The van der Waals surface area contributed by atoms with Crippen LogP contribution < -0.4 is 10.5 Å². The first-order chi connectivity index (χ1) is 13.7. The van der Waals surface area contributed by atoms with E-state index in [-0.39, 0.29) is 10.6 Å². The van der Waals surface area contributed by atoms with Crippen LogP contribution in [0.1, 0.15) is 17.9 Å². The summed E-state index contributed by atoms with van der Waals surface area (Å²) in [6, 6.07) is 17.1. The van der Waals surface area contributed by atoms with Gasteiger partial charge in [0.15, 0.2) is 0 Å². The molecule has 1 saturated carbocycles. The summed E-state index contributed by atoms with van der Waals surface area (Å²) in [7, 11) is -4.02. The quantitative estimate of drug-likeness (QED) is 0.495. The predicted octanol–water partition coefficient (Wildman–Crippen LogP) is 3.94. The Morgan fingerprint density at radius 1 is 1.17 bits per heavy atom. The summed E-state index contributed by atoms with van der Waals surface area (Å²) in [5.41, 5.74) is 6.24. The fourth-order valence-corrected chi connectivity index (χ4v) is 6.20. The molecule has 0 unspecified atom stereocenters. The van der Waals surface area contributed by atoms with Gasteiger partial charge >= 0.3 is 5.97 Å². The average molecular weight is 449 g/mol. The second kappa shape index (κ2) is 7.14. The number of sulfonamides is 1. The topological polar surface area (TPSA) is 109 Å². The second-order valence-electron chi connectivity index (χ2n) is 6.93. The Labute approximate surface area is 177 Å². The number of thiophene rings is 1. The number of carboxylic acids is 1. The summed E-state index contributed by atoms with van der Waals surface area (Å²) in [6.45, 7) is 0. The van der Waals surface area contributed by atoms with E-state index in [0.29, 0.717) is 16.3 Å². The Hall–Kier alpha value is -2.39. The van der Waals surface area contributed by atoms with Gasteiger partial charge in [-0.3, -0.25) is 4.79 Å². The fourth-order valence-electron chi connectivity index (χ4n) is 3.36. The van der Waals surface area contributed by atoms with Crippen molar-refractivity contribution in [2.24, 2.45) is 0 Å². The molecule has 0 amide bonds. The van der Waals surface area contributed by atoms with E-state index >= 15 is 0 Å². The Balaban J connectivity index is 1.61. The Bertz CT molecular complexity index is 1190. The highest BCUT2D eigenvalue weighted by molar-refractivity contribution is 7.91. The molecule has 1 aromatic heterocycles. The third kappa shape index (κ3) is 3.76. The monoisotopic (exact) mass is 448 g/mol. The molecule has 4 rings (SSSR count). The minimum atomic E-state index is -4.02. The summed E-state index contributed by atoms with van der Waals surface area (Å²) >= 11 is 6.97. The highest BCUT2D eigenvalue weighted by atomic mass is 35.5. The molecule has 6 nitrogen and oxygen atoms in total. The molecule has 2 atom stereocenters. The van der Waals surface area contributed by atoms with Crippen molar-refractivity contribution >= 4 is 44.6 Å². The highest BCUT2D eigenvalue weighted by Gasteiger charge is 2.63. The molecule has 0 spiro atoms. The van der Waals surface area contributed by atoms with Gasteiger partial charge in [-0.05, 0) is 53.9 Å². The lowest BCUT2D eigenvalue weighted by Crippen LogP contribution is -2.44. The molecule has 1 fully saturated rings. The molecule has 9 heteroatoms. The number of nitrogens with two attached hydrogens (primary N) is 1. The van der Waals surface area contributed by atoms with Gasteiger partial charge in [0.25, 0.3) is 10.0 Å². The van der Waals surface area contributed by atoms with Crippen LogP contribution in [0, 0.1) is 0 Å². The molecule has 3 aromatic rings. The van der Waals surface area contributed by atoms with E-state index in [9.17, 15) is 18.3 Å². The number of halogens is 1. The number of rotatable bonds is 6. The standard InChI is InChI=1S/C20H17ClN2O4S2/c21-14-6-4-12(5-7-14)17-8-9-18(28-17)29(26,27)23-20(19(24)25)11-16(20)13-2-1-3-15(22)10-13/h1-10,16,23H,11,22H2,(H,24,25)/t16-,20+/m0/s1. The van der Waals surface area contributed by atoms with E-state index in [0.717, 1.165) is 21.8 Å². The minimum absolute atomic E-state index is 0.0568. The number of benzene rings is 2. The van der Waals surface area contributed by atoms with Crippen molar-refractivity contribution in [2.45, 2.75) is 22.1 Å². The van der Waals surface area contributed by atoms with Gasteiger partial charge in [0, 0.05) is 21.5 Å². The van der Waals surface area contributed by atoms with Gasteiger partial charge in [-0.1, -0.05) is 35.9 Å². The van der Waals surface area contributed by atoms with Crippen LogP contribution in [0.5, 0.6) is 0 Å². The highest BCUT2D eigenvalue weighted by Crippen LogP contribution is 2.53. The predicted molar refractivity (Wildman–Crippen MR) is 114 cm³/mol. The number of carboxylic acid groups (broad SMARTS) is 1. The van der Waals surface area contributed by atoms with Gasteiger partial charge in [-0.15, -0.1) is 11.3 Å². The summed E-state index contributed by atoms with van der Waals surface area (Å²) in [5.74, 6) is -1.68. The van der Waals surface area contributed by atoms with Crippen molar-refractivity contribution in [3.8, 4) is 10.4 Å².